The van der Waals surface area contributed by atoms with E-state index in [4.69, 9.17) is 11.6 Å². The zero-order chi connectivity index (χ0) is 11.5. The van der Waals surface area contributed by atoms with E-state index in [1.807, 2.05) is 12.3 Å². The number of hydrogen-bond acceptors (Lipinski definition) is 1. The van der Waals surface area contributed by atoms with E-state index in [1.54, 1.807) is 0 Å². The van der Waals surface area contributed by atoms with Gasteiger partial charge in [0.05, 0.1) is 0 Å². The molecule has 0 amide bonds. The molecule has 1 aromatic heterocycles. The first kappa shape index (κ1) is 12.1. The molecular weight excluding hydrogens is 286 g/mol. The van der Waals surface area contributed by atoms with E-state index in [2.05, 4.69) is 33.9 Å². The number of hydrogen-bond donors (Lipinski definition) is 0. The lowest BCUT2D eigenvalue weighted by atomic mass is 9.83. The van der Waals surface area contributed by atoms with Crippen LogP contribution in [0.2, 0.25) is 5.15 Å². The van der Waals surface area contributed by atoms with Gasteiger partial charge in [0.15, 0.2) is 0 Å². The van der Waals surface area contributed by atoms with Crippen LogP contribution < -0.4 is 0 Å². The molecule has 0 aromatic carbocycles. The van der Waals surface area contributed by atoms with Crippen molar-refractivity contribution in [2.24, 2.45) is 5.92 Å². The number of allylic oxidation sites excluding steroid dienone is 2. The molecule has 0 saturated carbocycles. The average Bonchev–Trinajstić information content (AvgIpc) is 2.29. The van der Waals surface area contributed by atoms with Crippen molar-refractivity contribution in [3.8, 4) is 0 Å². The second-order valence-corrected chi connectivity index (χ2v) is 5.30. The molecule has 1 heterocycles. The topological polar surface area (TPSA) is 12.9 Å². The van der Waals surface area contributed by atoms with Crippen molar-refractivity contribution < 1.29 is 0 Å². The van der Waals surface area contributed by atoms with Crippen LogP contribution in [0, 0.1) is 12.8 Å². The monoisotopic (exact) mass is 298 g/mol. The fourth-order valence-corrected chi connectivity index (χ4v) is 3.03. The summed E-state index contributed by atoms with van der Waals surface area (Å²) in [5.74, 6) is 0.563. The van der Waals surface area contributed by atoms with Crippen LogP contribution in [0.4, 0.5) is 0 Å². The molecule has 3 heteroatoms. The highest BCUT2D eigenvalue weighted by Crippen LogP contribution is 2.37. The molecule has 1 nitrogen and oxygen atoms in total. The van der Waals surface area contributed by atoms with Gasteiger partial charge in [0.2, 0.25) is 0 Å². The number of nitrogens with zero attached hydrogens (tertiary/aromatic N) is 1. The first-order chi connectivity index (χ1) is 7.72. The highest BCUT2D eigenvalue weighted by Gasteiger charge is 2.19. The summed E-state index contributed by atoms with van der Waals surface area (Å²) in [5.41, 5.74) is 2.54. The maximum Gasteiger partial charge on any atom is 0.130 e. The number of aromatic nitrogens is 1. The first-order valence-electron chi connectivity index (χ1n) is 5.53. The van der Waals surface area contributed by atoms with Crippen LogP contribution in [0.15, 0.2) is 22.8 Å². The summed E-state index contributed by atoms with van der Waals surface area (Å²) >= 11 is 9.41. The normalized spacial score (nSPS) is 20.7. The van der Waals surface area contributed by atoms with Gasteiger partial charge >= 0.3 is 0 Å². The molecule has 85 valence electrons. The van der Waals surface area contributed by atoms with Crippen LogP contribution in [0.3, 0.4) is 0 Å². The van der Waals surface area contributed by atoms with Crippen molar-refractivity contribution in [3.63, 3.8) is 0 Å². The molecule has 16 heavy (non-hydrogen) atoms. The highest BCUT2D eigenvalue weighted by atomic mass is 79.9. The first-order valence-corrected chi connectivity index (χ1v) is 6.70. The Hall–Kier alpha value is -0.340. The van der Waals surface area contributed by atoms with Crippen LogP contribution in [0.5, 0.6) is 0 Å². The highest BCUT2D eigenvalue weighted by molar-refractivity contribution is 9.10. The lowest BCUT2D eigenvalue weighted by Crippen LogP contribution is -2.07. The lowest BCUT2D eigenvalue weighted by Gasteiger charge is -2.23. The second-order valence-electron chi connectivity index (χ2n) is 4.06. The maximum atomic E-state index is 5.85. The van der Waals surface area contributed by atoms with Crippen molar-refractivity contribution in [3.05, 3.63) is 40.5 Å². The Morgan fingerprint density at radius 3 is 3.06 bits per heavy atom. The zero-order valence-corrected chi connectivity index (χ0v) is 11.4. The van der Waals surface area contributed by atoms with Gasteiger partial charge in [-0.05, 0) is 59.2 Å². The summed E-state index contributed by atoms with van der Waals surface area (Å²) < 4.78 is 1.03. The van der Waals surface area contributed by atoms with Gasteiger partial charge in [-0.25, -0.2) is 4.98 Å². The van der Waals surface area contributed by atoms with Gasteiger partial charge in [0.1, 0.15) is 5.15 Å². The van der Waals surface area contributed by atoms with E-state index in [9.17, 15) is 0 Å². The van der Waals surface area contributed by atoms with Gasteiger partial charge in [-0.3, -0.25) is 0 Å². The van der Waals surface area contributed by atoms with E-state index in [-0.39, 0.29) is 0 Å². The fraction of sp³-hybridized carbons (Fsp3) is 0.385. The van der Waals surface area contributed by atoms with Crippen LogP contribution in [0.1, 0.15) is 31.2 Å². The minimum absolute atomic E-state index is 0.526. The SMILES string of the molecule is [CH2]CC1CCCC=C1c1cnc(Cl)cc1Br. The summed E-state index contributed by atoms with van der Waals surface area (Å²) in [4.78, 5) is 4.16. The minimum Gasteiger partial charge on any atom is -0.244 e. The van der Waals surface area contributed by atoms with Gasteiger partial charge in [0.25, 0.3) is 0 Å². The summed E-state index contributed by atoms with van der Waals surface area (Å²) in [5, 5.41) is 0.526. The lowest BCUT2D eigenvalue weighted by molar-refractivity contribution is 0.562. The molecule has 1 atom stereocenters. The van der Waals surface area contributed by atoms with Crippen LogP contribution in [-0.2, 0) is 0 Å². The van der Waals surface area contributed by atoms with Gasteiger partial charge in [-0.15, -0.1) is 0 Å². The van der Waals surface area contributed by atoms with Crippen LogP contribution in [0.25, 0.3) is 5.57 Å². The Labute approximate surface area is 110 Å². The van der Waals surface area contributed by atoms with Crippen molar-refractivity contribution in [1.82, 2.24) is 4.98 Å². The smallest absolute Gasteiger partial charge is 0.130 e. The third kappa shape index (κ3) is 2.49. The molecule has 1 radical (unpaired) electrons. The Balaban J connectivity index is 2.38. The minimum atomic E-state index is 0.526. The number of rotatable bonds is 2. The van der Waals surface area contributed by atoms with Gasteiger partial charge in [-0.2, -0.15) is 0 Å². The molecule has 1 aromatic rings. The standard InChI is InChI=1S/C13H14BrClN/c1-2-9-5-3-4-6-10(9)11-8-16-13(15)7-12(11)14/h6-9H,1-5H2. The molecule has 2 rings (SSSR count). The van der Waals surface area contributed by atoms with Crippen molar-refractivity contribution in [1.29, 1.82) is 0 Å². The molecule has 1 aliphatic rings. The van der Waals surface area contributed by atoms with Gasteiger partial charge in [-0.1, -0.05) is 24.6 Å². The van der Waals surface area contributed by atoms with E-state index in [1.165, 1.54) is 18.4 Å². The van der Waals surface area contributed by atoms with E-state index < -0.39 is 0 Å². The second kappa shape index (κ2) is 5.33. The molecular formula is C13H14BrClN. The molecule has 0 N–H and O–H groups in total. The van der Waals surface area contributed by atoms with Crippen molar-refractivity contribution in [2.45, 2.75) is 25.7 Å². The van der Waals surface area contributed by atoms with Gasteiger partial charge < -0.3 is 0 Å². The summed E-state index contributed by atoms with van der Waals surface area (Å²) in [6, 6.07) is 1.85. The maximum absolute atomic E-state index is 5.85. The summed E-state index contributed by atoms with van der Waals surface area (Å²) in [6.45, 7) is 4.03. The fourth-order valence-electron chi connectivity index (χ4n) is 2.19. The Morgan fingerprint density at radius 1 is 1.56 bits per heavy atom. The average molecular weight is 300 g/mol. The predicted molar refractivity (Wildman–Crippen MR) is 72.2 cm³/mol. The molecule has 0 spiro atoms. The molecule has 0 fully saturated rings. The third-order valence-corrected chi connectivity index (χ3v) is 3.90. The van der Waals surface area contributed by atoms with E-state index in [0.29, 0.717) is 11.1 Å². The van der Waals surface area contributed by atoms with Crippen molar-refractivity contribution >= 4 is 33.1 Å². The molecule has 0 saturated heterocycles. The molecule has 0 aliphatic heterocycles. The quantitative estimate of drug-likeness (QED) is 0.707. The number of halogens is 2. The molecule has 0 bridgehead atoms. The van der Waals surface area contributed by atoms with E-state index >= 15 is 0 Å². The van der Waals surface area contributed by atoms with Crippen LogP contribution in [-0.4, -0.2) is 4.98 Å². The largest absolute Gasteiger partial charge is 0.244 e. The Bertz CT molecular complexity index is 414. The summed E-state index contributed by atoms with van der Waals surface area (Å²) in [6.07, 6.45) is 8.76. The molecule has 1 unspecified atom stereocenters. The van der Waals surface area contributed by atoms with Crippen LogP contribution >= 0.6 is 27.5 Å². The van der Waals surface area contributed by atoms with Gasteiger partial charge in [0, 0.05) is 16.2 Å². The Kier molecular flexibility index (Phi) is 4.04. The van der Waals surface area contributed by atoms with E-state index in [0.717, 1.165) is 22.9 Å². The zero-order valence-electron chi connectivity index (χ0n) is 9.05. The van der Waals surface area contributed by atoms with Crippen molar-refractivity contribution in [2.75, 3.05) is 0 Å². The summed E-state index contributed by atoms with van der Waals surface area (Å²) in [7, 11) is 0. The predicted octanol–water partition coefficient (Wildman–Crippen LogP) is 4.91. The number of pyridine rings is 1. The Morgan fingerprint density at radius 2 is 2.38 bits per heavy atom. The third-order valence-electron chi connectivity index (χ3n) is 3.04. The molecule has 1 aliphatic carbocycles.